The maximum absolute atomic E-state index is 11.8. The molecule has 2 heterocycles. The molecule has 1 aliphatic rings. The van der Waals surface area contributed by atoms with Gasteiger partial charge < -0.3 is 9.72 Å². The van der Waals surface area contributed by atoms with E-state index in [-0.39, 0.29) is 11.7 Å². The maximum Gasteiger partial charge on any atom is 0.255 e. The molecule has 1 fully saturated rings. The van der Waals surface area contributed by atoms with E-state index in [1.54, 1.807) is 6.20 Å². The SMILES string of the molecule is O=c1[nH]ccc2cc(OC3CCN(Cc4ccccc4)CC3)ccc12. The Hall–Kier alpha value is -2.59. The van der Waals surface area contributed by atoms with Crippen LogP contribution in [0.1, 0.15) is 18.4 Å². The lowest BCUT2D eigenvalue weighted by Crippen LogP contribution is -2.37. The molecule has 1 aliphatic heterocycles. The van der Waals surface area contributed by atoms with Crippen molar-refractivity contribution in [2.45, 2.75) is 25.5 Å². The summed E-state index contributed by atoms with van der Waals surface area (Å²) in [6, 6.07) is 18.2. The van der Waals surface area contributed by atoms with Gasteiger partial charge in [0.2, 0.25) is 0 Å². The minimum atomic E-state index is -0.0572. The van der Waals surface area contributed by atoms with Crippen LogP contribution in [0, 0.1) is 0 Å². The van der Waals surface area contributed by atoms with E-state index in [0.717, 1.165) is 43.6 Å². The number of ether oxygens (including phenoxy) is 1. The van der Waals surface area contributed by atoms with Gasteiger partial charge >= 0.3 is 0 Å². The number of aromatic amines is 1. The lowest BCUT2D eigenvalue weighted by Gasteiger charge is -2.32. The number of H-pyrrole nitrogens is 1. The van der Waals surface area contributed by atoms with Gasteiger partial charge in [0.1, 0.15) is 11.9 Å². The average Bonchev–Trinajstić information content (AvgIpc) is 2.64. The third-order valence-electron chi connectivity index (χ3n) is 4.83. The second kappa shape index (κ2) is 7.11. The molecule has 0 aliphatic carbocycles. The van der Waals surface area contributed by atoms with Crippen molar-refractivity contribution in [2.24, 2.45) is 0 Å². The Morgan fingerprint density at radius 1 is 1.04 bits per heavy atom. The van der Waals surface area contributed by atoms with Gasteiger partial charge in [-0.15, -0.1) is 0 Å². The van der Waals surface area contributed by atoms with E-state index in [1.165, 1.54) is 5.56 Å². The van der Waals surface area contributed by atoms with E-state index in [0.29, 0.717) is 5.39 Å². The monoisotopic (exact) mass is 334 g/mol. The molecular weight excluding hydrogens is 312 g/mol. The summed E-state index contributed by atoms with van der Waals surface area (Å²) < 4.78 is 6.16. The van der Waals surface area contributed by atoms with Gasteiger partial charge in [-0.05, 0) is 48.1 Å². The fourth-order valence-corrected chi connectivity index (χ4v) is 3.46. The fraction of sp³-hybridized carbons (Fsp3) is 0.286. The third-order valence-corrected chi connectivity index (χ3v) is 4.83. The minimum absolute atomic E-state index is 0.0572. The van der Waals surface area contributed by atoms with E-state index in [2.05, 4.69) is 40.2 Å². The molecule has 128 valence electrons. The predicted octanol–water partition coefficient (Wildman–Crippen LogP) is 3.57. The zero-order valence-corrected chi connectivity index (χ0v) is 14.2. The van der Waals surface area contributed by atoms with Crippen LogP contribution in [0.4, 0.5) is 0 Å². The first-order valence-electron chi connectivity index (χ1n) is 8.82. The molecule has 0 amide bonds. The summed E-state index contributed by atoms with van der Waals surface area (Å²) in [5.74, 6) is 0.847. The Morgan fingerprint density at radius 3 is 2.64 bits per heavy atom. The number of fused-ring (bicyclic) bond motifs is 1. The zero-order valence-electron chi connectivity index (χ0n) is 14.2. The van der Waals surface area contributed by atoms with Crippen molar-refractivity contribution in [3.8, 4) is 5.75 Å². The Balaban J connectivity index is 1.36. The normalized spacial score (nSPS) is 16.2. The van der Waals surface area contributed by atoms with Crippen LogP contribution in [0.25, 0.3) is 10.8 Å². The summed E-state index contributed by atoms with van der Waals surface area (Å²) in [6.07, 6.45) is 3.98. The second-order valence-electron chi connectivity index (χ2n) is 6.63. The molecule has 4 heteroatoms. The largest absolute Gasteiger partial charge is 0.490 e. The summed E-state index contributed by atoms with van der Waals surface area (Å²) in [5.41, 5.74) is 1.31. The molecule has 2 aromatic carbocycles. The van der Waals surface area contributed by atoms with Crippen LogP contribution in [0.2, 0.25) is 0 Å². The molecule has 0 saturated carbocycles. The van der Waals surface area contributed by atoms with E-state index < -0.39 is 0 Å². The number of nitrogens with one attached hydrogen (secondary N) is 1. The Bertz CT molecular complexity index is 896. The van der Waals surface area contributed by atoms with Gasteiger partial charge in [-0.1, -0.05) is 30.3 Å². The van der Waals surface area contributed by atoms with Crippen LogP contribution in [0.5, 0.6) is 5.75 Å². The molecule has 25 heavy (non-hydrogen) atoms. The molecule has 1 aromatic heterocycles. The molecule has 0 radical (unpaired) electrons. The van der Waals surface area contributed by atoms with Gasteiger partial charge in [-0.25, -0.2) is 0 Å². The maximum atomic E-state index is 11.8. The molecule has 0 unspecified atom stereocenters. The van der Waals surface area contributed by atoms with Crippen LogP contribution in [-0.2, 0) is 6.54 Å². The minimum Gasteiger partial charge on any atom is -0.490 e. The summed E-state index contributed by atoms with van der Waals surface area (Å²) >= 11 is 0. The molecular formula is C21H22N2O2. The van der Waals surface area contributed by atoms with Crippen LogP contribution in [0.15, 0.2) is 65.6 Å². The molecule has 1 saturated heterocycles. The number of hydrogen-bond donors (Lipinski definition) is 1. The number of piperidine rings is 1. The topological polar surface area (TPSA) is 45.3 Å². The summed E-state index contributed by atoms with van der Waals surface area (Å²) in [4.78, 5) is 16.9. The van der Waals surface area contributed by atoms with Gasteiger partial charge in [0.05, 0.1) is 0 Å². The predicted molar refractivity (Wildman–Crippen MR) is 99.9 cm³/mol. The van der Waals surface area contributed by atoms with Crippen molar-refractivity contribution in [1.82, 2.24) is 9.88 Å². The van der Waals surface area contributed by atoms with Crippen molar-refractivity contribution in [1.29, 1.82) is 0 Å². The first-order chi connectivity index (χ1) is 12.3. The molecule has 0 spiro atoms. The first kappa shape index (κ1) is 15.9. The van der Waals surface area contributed by atoms with E-state index in [1.807, 2.05) is 24.3 Å². The van der Waals surface area contributed by atoms with Crippen molar-refractivity contribution >= 4 is 10.8 Å². The first-order valence-corrected chi connectivity index (χ1v) is 8.82. The van der Waals surface area contributed by atoms with E-state index in [9.17, 15) is 4.79 Å². The number of benzene rings is 2. The quantitative estimate of drug-likeness (QED) is 0.793. The van der Waals surface area contributed by atoms with Gasteiger partial charge in [-0.3, -0.25) is 9.69 Å². The Labute approximate surface area is 147 Å². The number of hydrogen-bond acceptors (Lipinski definition) is 3. The van der Waals surface area contributed by atoms with Gasteiger partial charge in [0.15, 0.2) is 0 Å². The summed E-state index contributed by atoms with van der Waals surface area (Å²) in [6.45, 7) is 3.10. The van der Waals surface area contributed by atoms with Crippen molar-refractivity contribution in [3.63, 3.8) is 0 Å². The highest BCUT2D eigenvalue weighted by Crippen LogP contribution is 2.23. The third kappa shape index (κ3) is 3.74. The van der Waals surface area contributed by atoms with Gasteiger partial charge in [0, 0.05) is 31.2 Å². The van der Waals surface area contributed by atoms with Crippen LogP contribution in [0.3, 0.4) is 0 Å². The van der Waals surface area contributed by atoms with Crippen molar-refractivity contribution < 1.29 is 4.74 Å². The van der Waals surface area contributed by atoms with Crippen LogP contribution in [-0.4, -0.2) is 29.1 Å². The number of rotatable bonds is 4. The van der Waals surface area contributed by atoms with Gasteiger partial charge in [0.25, 0.3) is 5.56 Å². The number of nitrogens with zero attached hydrogens (tertiary/aromatic N) is 1. The Kier molecular flexibility index (Phi) is 4.53. The fourth-order valence-electron chi connectivity index (χ4n) is 3.46. The summed E-state index contributed by atoms with van der Waals surface area (Å²) in [7, 11) is 0. The highest BCUT2D eigenvalue weighted by atomic mass is 16.5. The smallest absolute Gasteiger partial charge is 0.255 e. The van der Waals surface area contributed by atoms with E-state index >= 15 is 0 Å². The van der Waals surface area contributed by atoms with Gasteiger partial charge in [-0.2, -0.15) is 0 Å². The van der Waals surface area contributed by atoms with Crippen LogP contribution < -0.4 is 10.3 Å². The lowest BCUT2D eigenvalue weighted by molar-refractivity contribution is 0.0969. The molecule has 4 nitrogen and oxygen atoms in total. The molecule has 0 atom stereocenters. The molecule has 4 rings (SSSR count). The zero-order chi connectivity index (χ0) is 17.1. The highest BCUT2D eigenvalue weighted by Gasteiger charge is 2.20. The second-order valence-corrected chi connectivity index (χ2v) is 6.63. The number of likely N-dealkylation sites (tertiary alicyclic amines) is 1. The standard InChI is InChI=1S/C21H22N2O2/c24-21-20-7-6-19(14-17(20)8-11-22-21)25-18-9-12-23(13-10-18)15-16-4-2-1-3-5-16/h1-8,11,14,18H,9-10,12-13,15H2,(H,22,24). The highest BCUT2D eigenvalue weighted by molar-refractivity contribution is 5.82. The van der Waals surface area contributed by atoms with Crippen molar-refractivity contribution in [2.75, 3.05) is 13.1 Å². The van der Waals surface area contributed by atoms with Crippen molar-refractivity contribution in [3.05, 3.63) is 76.7 Å². The van der Waals surface area contributed by atoms with Crippen LogP contribution >= 0.6 is 0 Å². The Morgan fingerprint density at radius 2 is 1.84 bits per heavy atom. The molecule has 3 aromatic rings. The average molecular weight is 334 g/mol. The van der Waals surface area contributed by atoms with E-state index in [4.69, 9.17) is 4.74 Å². The molecule has 0 bridgehead atoms. The lowest BCUT2D eigenvalue weighted by atomic mass is 10.1. The number of pyridine rings is 1. The number of aromatic nitrogens is 1. The molecule has 1 N–H and O–H groups in total. The summed E-state index contributed by atoms with van der Waals surface area (Å²) in [5, 5.41) is 1.62.